The average Bonchev–Trinajstić information content (AvgIpc) is 3.31. The van der Waals surface area contributed by atoms with Crippen molar-refractivity contribution in [2.45, 2.75) is 32.7 Å². The summed E-state index contributed by atoms with van der Waals surface area (Å²) in [4.78, 5) is 19.7. The monoisotopic (exact) mass is 489 g/mol. The van der Waals surface area contributed by atoms with Crippen molar-refractivity contribution in [3.8, 4) is 11.3 Å². The Labute approximate surface area is 209 Å². The second-order valence-electron chi connectivity index (χ2n) is 9.46. The minimum absolute atomic E-state index is 0.197. The first-order valence-corrected chi connectivity index (χ1v) is 12.3. The van der Waals surface area contributed by atoms with Gasteiger partial charge in [0.05, 0.1) is 17.0 Å². The Hall–Kier alpha value is -3.65. The molecule has 1 fully saturated rings. The number of nitrogens with one attached hydrogen (secondary N) is 1. The van der Waals surface area contributed by atoms with Crippen molar-refractivity contribution < 1.29 is 13.6 Å². The molecule has 0 unspecified atom stereocenters. The number of carbonyl (C=O) groups excluding carboxylic acids is 1. The van der Waals surface area contributed by atoms with Crippen molar-refractivity contribution in [1.29, 1.82) is 0 Å². The number of carbonyl (C=O) groups is 1. The summed E-state index contributed by atoms with van der Waals surface area (Å²) in [5, 5.41) is 7.46. The van der Waals surface area contributed by atoms with Crippen LogP contribution < -0.4 is 5.32 Å². The van der Waals surface area contributed by atoms with Crippen molar-refractivity contribution in [2.24, 2.45) is 5.92 Å². The highest BCUT2D eigenvalue weighted by molar-refractivity contribution is 5.95. The van der Waals surface area contributed by atoms with Gasteiger partial charge in [-0.25, -0.2) is 18.3 Å². The molecule has 0 radical (unpaired) electrons. The van der Waals surface area contributed by atoms with Gasteiger partial charge in [-0.05, 0) is 62.9 Å². The fourth-order valence-electron chi connectivity index (χ4n) is 4.87. The van der Waals surface area contributed by atoms with E-state index in [1.54, 1.807) is 13.0 Å². The van der Waals surface area contributed by atoms with Crippen molar-refractivity contribution in [3.05, 3.63) is 89.2 Å². The average molecular weight is 490 g/mol. The maximum Gasteiger partial charge on any atom is 0.254 e. The molecule has 1 amide bonds. The minimum Gasteiger partial charge on any atom is -0.352 e. The van der Waals surface area contributed by atoms with Crippen molar-refractivity contribution in [3.63, 3.8) is 0 Å². The van der Waals surface area contributed by atoms with E-state index in [9.17, 15) is 13.6 Å². The molecule has 8 heteroatoms. The van der Waals surface area contributed by atoms with Gasteiger partial charge in [-0.2, -0.15) is 5.10 Å². The molecule has 0 aliphatic carbocycles. The molecule has 6 nitrogen and oxygen atoms in total. The van der Waals surface area contributed by atoms with E-state index in [2.05, 4.69) is 44.6 Å². The molecule has 3 heterocycles. The standard InChI is InChI=1S/C28H29F2N5O/c1-19-25(17-32-27-16-26(33-35(19)27)22-13-23(29)15-24(30)14-22)28(36)31-10-7-20-8-11-34(12-9-20)18-21-5-3-2-4-6-21/h2-6,13-17,20H,7-12,18H2,1H3,(H,31,36). The maximum atomic E-state index is 13.6. The maximum absolute atomic E-state index is 13.6. The first kappa shape index (κ1) is 24.1. The first-order chi connectivity index (χ1) is 17.5. The predicted octanol–water partition coefficient (Wildman–Crippen LogP) is 5.02. The zero-order valence-electron chi connectivity index (χ0n) is 20.3. The van der Waals surface area contributed by atoms with Crippen LogP contribution in [0, 0.1) is 24.5 Å². The van der Waals surface area contributed by atoms with Crippen LogP contribution in [0.2, 0.25) is 0 Å². The van der Waals surface area contributed by atoms with E-state index >= 15 is 0 Å². The van der Waals surface area contributed by atoms with Crippen LogP contribution in [0.1, 0.15) is 40.9 Å². The summed E-state index contributed by atoms with van der Waals surface area (Å²) in [6.45, 7) is 5.53. The molecular weight excluding hydrogens is 460 g/mol. The Kier molecular flexibility index (Phi) is 7.04. The largest absolute Gasteiger partial charge is 0.352 e. The molecule has 1 aliphatic rings. The van der Waals surface area contributed by atoms with Crippen LogP contribution in [-0.2, 0) is 6.54 Å². The number of likely N-dealkylation sites (tertiary alicyclic amines) is 1. The molecule has 1 N–H and O–H groups in total. The van der Waals surface area contributed by atoms with E-state index in [1.165, 1.54) is 28.4 Å². The highest BCUT2D eigenvalue weighted by Crippen LogP contribution is 2.24. The second kappa shape index (κ2) is 10.5. The SMILES string of the molecule is Cc1c(C(=O)NCCC2CCN(Cc3ccccc3)CC2)cnc2cc(-c3cc(F)cc(F)c3)nn12. The summed E-state index contributed by atoms with van der Waals surface area (Å²) >= 11 is 0. The summed E-state index contributed by atoms with van der Waals surface area (Å²) in [5.74, 6) is -0.945. The Bertz CT molecular complexity index is 1340. The lowest BCUT2D eigenvalue weighted by Crippen LogP contribution is -2.35. The van der Waals surface area contributed by atoms with E-state index in [4.69, 9.17) is 0 Å². The summed E-state index contributed by atoms with van der Waals surface area (Å²) in [7, 11) is 0. The van der Waals surface area contributed by atoms with Crippen molar-refractivity contribution in [1.82, 2.24) is 24.8 Å². The normalized spacial score (nSPS) is 14.9. The van der Waals surface area contributed by atoms with Crippen LogP contribution in [0.4, 0.5) is 8.78 Å². The molecule has 2 aromatic heterocycles. The zero-order valence-corrected chi connectivity index (χ0v) is 20.3. The van der Waals surface area contributed by atoms with Gasteiger partial charge >= 0.3 is 0 Å². The Morgan fingerprint density at radius 2 is 1.78 bits per heavy atom. The van der Waals surface area contributed by atoms with E-state index in [0.717, 1.165) is 45.0 Å². The third-order valence-electron chi connectivity index (χ3n) is 6.92. The number of hydrogen-bond acceptors (Lipinski definition) is 4. The van der Waals surface area contributed by atoms with Crippen LogP contribution in [0.5, 0.6) is 0 Å². The topological polar surface area (TPSA) is 62.5 Å². The van der Waals surface area contributed by atoms with Crippen LogP contribution >= 0.6 is 0 Å². The molecule has 0 bridgehead atoms. The molecule has 36 heavy (non-hydrogen) atoms. The molecule has 1 saturated heterocycles. The molecule has 0 saturated carbocycles. The molecular formula is C28H29F2N5O. The van der Waals surface area contributed by atoms with Gasteiger partial charge in [-0.1, -0.05) is 30.3 Å². The molecule has 2 aromatic carbocycles. The minimum atomic E-state index is -0.673. The van der Waals surface area contributed by atoms with Gasteiger partial charge in [0.1, 0.15) is 11.6 Å². The van der Waals surface area contributed by atoms with Crippen LogP contribution in [0.3, 0.4) is 0 Å². The number of halogens is 2. The molecule has 0 spiro atoms. The number of benzene rings is 2. The number of piperidine rings is 1. The van der Waals surface area contributed by atoms with Gasteiger partial charge in [0, 0.05) is 37.0 Å². The predicted molar refractivity (Wildman–Crippen MR) is 134 cm³/mol. The molecule has 186 valence electrons. The first-order valence-electron chi connectivity index (χ1n) is 12.3. The van der Waals surface area contributed by atoms with Gasteiger partial charge < -0.3 is 5.32 Å². The number of aryl methyl sites for hydroxylation is 1. The highest BCUT2D eigenvalue weighted by Gasteiger charge is 2.20. The van der Waals surface area contributed by atoms with E-state index in [1.807, 2.05) is 6.07 Å². The number of aromatic nitrogens is 3. The Balaban J connectivity index is 1.16. The summed E-state index contributed by atoms with van der Waals surface area (Å²) in [6.07, 6.45) is 4.73. The lowest BCUT2D eigenvalue weighted by molar-refractivity contribution is 0.0946. The number of hydrogen-bond donors (Lipinski definition) is 1. The third kappa shape index (κ3) is 5.44. The fraction of sp³-hybridized carbons (Fsp3) is 0.321. The van der Waals surface area contributed by atoms with Crippen molar-refractivity contribution in [2.75, 3.05) is 19.6 Å². The quantitative estimate of drug-likeness (QED) is 0.396. The number of rotatable bonds is 7. The fourth-order valence-corrected chi connectivity index (χ4v) is 4.87. The van der Waals surface area contributed by atoms with Crippen LogP contribution in [0.15, 0.2) is 60.8 Å². The van der Waals surface area contributed by atoms with E-state index in [-0.39, 0.29) is 5.91 Å². The van der Waals surface area contributed by atoms with Gasteiger partial charge in [0.15, 0.2) is 5.65 Å². The van der Waals surface area contributed by atoms with E-state index < -0.39 is 11.6 Å². The van der Waals surface area contributed by atoms with Gasteiger partial charge in [0.2, 0.25) is 0 Å². The summed E-state index contributed by atoms with van der Waals surface area (Å²) < 4.78 is 28.8. The number of amides is 1. The van der Waals surface area contributed by atoms with Gasteiger partial charge in [-0.15, -0.1) is 0 Å². The van der Waals surface area contributed by atoms with Crippen molar-refractivity contribution >= 4 is 11.6 Å². The van der Waals surface area contributed by atoms with Gasteiger partial charge in [-0.3, -0.25) is 9.69 Å². The number of nitrogens with zero attached hydrogens (tertiary/aromatic N) is 4. The Morgan fingerprint density at radius 3 is 2.50 bits per heavy atom. The number of fused-ring (bicyclic) bond motifs is 1. The third-order valence-corrected chi connectivity index (χ3v) is 6.92. The molecule has 1 aliphatic heterocycles. The molecule has 0 atom stereocenters. The zero-order chi connectivity index (χ0) is 25.1. The Morgan fingerprint density at radius 1 is 1.06 bits per heavy atom. The smallest absolute Gasteiger partial charge is 0.254 e. The lowest BCUT2D eigenvalue weighted by Gasteiger charge is -2.32. The lowest BCUT2D eigenvalue weighted by atomic mass is 9.93. The molecule has 4 aromatic rings. The van der Waals surface area contributed by atoms with Gasteiger partial charge in [0.25, 0.3) is 5.91 Å². The summed E-state index contributed by atoms with van der Waals surface area (Å²) in [6, 6.07) is 15.4. The van der Waals surface area contributed by atoms with Crippen LogP contribution in [0.25, 0.3) is 16.9 Å². The summed E-state index contributed by atoms with van der Waals surface area (Å²) in [5.41, 5.74) is 3.61. The highest BCUT2D eigenvalue weighted by atomic mass is 19.1. The second-order valence-corrected chi connectivity index (χ2v) is 9.46. The van der Waals surface area contributed by atoms with E-state index in [0.29, 0.717) is 40.6 Å². The molecule has 5 rings (SSSR count). The van der Waals surface area contributed by atoms with Crippen LogP contribution in [-0.4, -0.2) is 45.0 Å².